The van der Waals surface area contributed by atoms with Crippen molar-refractivity contribution in [3.05, 3.63) is 42.0 Å². The third-order valence-corrected chi connectivity index (χ3v) is 5.44. The minimum absolute atomic E-state index is 0.0945. The monoisotopic (exact) mass is 280 g/mol. The topological polar surface area (TPSA) is 9.23 Å². The highest BCUT2D eigenvalue weighted by Crippen LogP contribution is 2.49. The SMILES string of the molecule is CC1(C)CCCC2(CCc3c(ccc4ccccc34)O2)C1. The largest absolute Gasteiger partial charge is 0.487 e. The predicted octanol–water partition coefficient (Wildman–Crippen LogP) is 5.50. The van der Waals surface area contributed by atoms with E-state index < -0.39 is 0 Å². The first-order valence-electron chi connectivity index (χ1n) is 8.27. The lowest BCUT2D eigenvalue weighted by atomic mass is 9.67. The first-order valence-corrected chi connectivity index (χ1v) is 8.27. The maximum atomic E-state index is 6.60. The highest BCUT2D eigenvalue weighted by molar-refractivity contribution is 5.88. The number of benzene rings is 2. The molecule has 110 valence electrons. The Hall–Kier alpha value is -1.50. The fraction of sp³-hybridized carbons (Fsp3) is 0.500. The summed E-state index contributed by atoms with van der Waals surface area (Å²) in [6.45, 7) is 4.79. The Bertz CT molecular complexity index is 685. The predicted molar refractivity (Wildman–Crippen MR) is 87.9 cm³/mol. The summed E-state index contributed by atoms with van der Waals surface area (Å²) in [7, 11) is 0. The molecule has 21 heavy (non-hydrogen) atoms. The summed E-state index contributed by atoms with van der Waals surface area (Å²) in [5.74, 6) is 1.14. The van der Waals surface area contributed by atoms with E-state index in [4.69, 9.17) is 4.74 Å². The molecule has 1 unspecified atom stereocenters. The van der Waals surface area contributed by atoms with Gasteiger partial charge in [0.1, 0.15) is 11.4 Å². The highest BCUT2D eigenvalue weighted by atomic mass is 16.5. The lowest BCUT2D eigenvalue weighted by molar-refractivity contribution is -0.0314. The van der Waals surface area contributed by atoms with Gasteiger partial charge in [-0.1, -0.05) is 44.2 Å². The Morgan fingerprint density at radius 2 is 1.81 bits per heavy atom. The fourth-order valence-corrected chi connectivity index (χ4v) is 4.55. The van der Waals surface area contributed by atoms with Crippen molar-refractivity contribution in [2.75, 3.05) is 0 Å². The molecule has 1 fully saturated rings. The number of hydrogen-bond acceptors (Lipinski definition) is 1. The molecule has 1 spiro atoms. The second kappa shape index (κ2) is 4.50. The average molecular weight is 280 g/mol. The Kier molecular flexibility index (Phi) is 2.82. The van der Waals surface area contributed by atoms with E-state index >= 15 is 0 Å². The first kappa shape index (κ1) is 13.2. The molecule has 0 N–H and O–H groups in total. The molecule has 1 atom stereocenters. The summed E-state index contributed by atoms with van der Waals surface area (Å²) in [6, 6.07) is 13.1. The zero-order chi connectivity index (χ0) is 14.5. The molecular formula is C20H24O. The zero-order valence-corrected chi connectivity index (χ0v) is 13.1. The minimum Gasteiger partial charge on any atom is -0.487 e. The summed E-state index contributed by atoms with van der Waals surface area (Å²) < 4.78 is 6.60. The lowest BCUT2D eigenvalue weighted by Crippen LogP contribution is -2.46. The van der Waals surface area contributed by atoms with Crippen molar-refractivity contribution in [3.63, 3.8) is 0 Å². The van der Waals surface area contributed by atoms with E-state index in [9.17, 15) is 0 Å². The summed E-state index contributed by atoms with van der Waals surface area (Å²) in [6.07, 6.45) is 7.40. The summed E-state index contributed by atoms with van der Waals surface area (Å²) >= 11 is 0. The van der Waals surface area contributed by atoms with Crippen LogP contribution in [0.2, 0.25) is 0 Å². The van der Waals surface area contributed by atoms with Crippen LogP contribution in [0.5, 0.6) is 5.75 Å². The standard InChI is InChI=1S/C20H24O/c1-19(2)11-5-12-20(14-19)13-10-17-16-7-4-3-6-15(16)8-9-18(17)21-20/h3-4,6-9H,5,10-14H2,1-2H3. The van der Waals surface area contributed by atoms with Crippen LogP contribution in [0.3, 0.4) is 0 Å². The van der Waals surface area contributed by atoms with Crippen LogP contribution >= 0.6 is 0 Å². The first-order chi connectivity index (χ1) is 10.1. The summed E-state index contributed by atoms with van der Waals surface area (Å²) in [4.78, 5) is 0. The highest BCUT2D eigenvalue weighted by Gasteiger charge is 2.43. The summed E-state index contributed by atoms with van der Waals surface area (Å²) in [5.41, 5.74) is 1.94. The molecule has 1 heterocycles. The van der Waals surface area contributed by atoms with Crippen LogP contribution < -0.4 is 4.74 Å². The Balaban J connectivity index is 1.74. The van der Waals surface area contributed by atoms with Gasteiger partial charge in [0.15, 0.2) is 0 Å². The van der Waals surface area contributed by atoms with Gasteiger partial charge in [0.2, 0.25) is 0 Å². The molecule has 1 aliphatic carbocycles. The number of rotatable bonds is 0. The van der Waals surface area contributed by atoms with Gasteiger partial charge in [-0.15, -0.1) is 0 Å². The van der Waals surface area contributed by atoms with Gasteiger partial charge in [0.25, 0.3) is 0 Å². The van der Waals surface area contributed by atoms with Gasteiger partial charge >= 0.3 is 0 Å². The van der Waals surface area contributed by atoms with Crippen LogP contribution in [0.4, 0.5) is 0 Å². The Morgan fingerprint density at radius 1 is 0.952 bits per heavy atom. The van der Waals surface area contributed by atoms with E-state index in [1.54, 1.807) is 0 Å². The minimum atomic E-state index is 0.0945. The molecule has 1 aliphatic heterocycles. The van der Waals surface area contributed by atoms with Crippen LogP contribution in [0.25, 0.3) is 10.8 Å². The molecule has 0 radical (unpaired) electrons. The quantitative estimate of drug-likeness (QED) is 0.619. The molecule has 1 saturated carbocycles. The number of ether oxygens (including phenoxy) is 1. The Labute approximate surface area is 127 Å². The number of hydrogen-bond donors (Lipinski definition) is 0. The molecule has 2 aromatic carbocycles. The number of fused-ring (bicyclic) bond motifs is 3. The van der Waals surface area contributed by atoms with Crippen LogP contribution in [-0.2, 0) is 6.42 Å². The zero-order valence-electron chi connectivity index (χ0n) is 13.1. The van der Waals surface area contributed by atoms with Crippen LogP contribution in [0, 0.1) is 5.41 Å². The van der Waals surface area contributed by atoms with Crippen molar-refractivity contribution in [1.82, 2.24) is 0 Å². The second-order valence-electron chi connectivity index (χ2n) is 7.74. The number of aryl methyl sites for hydroxylation is 1. The van der Waals surface area contributed by atoms with Gasteiger partial charge in [-0.25, -0.2) is 0 Å². The molecule has 2 aliphatic rings. The smallest absolute Gasteiger partial charge is 0.123 e. The summed E-state index contributed by atoms with van der Waals surface area (Å²) in [5, 5.41) is 2.71. The van der Waals surface area contributed by atoms with E-state index in [-0.39, 0.29) is 5.60 Å². The molecular weight excluding hydrogens is 256 g/mol. The van der Waals surface area contributed by atoms with E-state index in [0.717, 1.165) is 12.2 Å². The average Bonchev–Trinajstić information content (AvgIpc) is 2.45. The molecule has 0 amide bonds. The molecule has 0 bridgehead atoms. The van der Waals surface area contributed by atoms with Crippen molar-refractivity contribution in [3.8, 4) is 5.75 Å². The molecule has 4 rings (SSSR count). The molecule has 0 aromatic heterocycles. The fourth-order valence-electron chi connectivity index (χ4n) is 4.55. The van der Waals surface area contributed by atoms with Crippen LogP contribution in [0.15, 0.2) is 36.4 Å². The normalized spacial score (nSPS) is 27.3. The third kappa shape index (κ3) is 2.23. The van der Waals surface area contributed by atoms with Crippen molar-refractivity contribution < 1.29 is 4.74 Å². The van der Waals surface area contributed by atoms with Crippen molar-refractivity contribution in [2.45, 2.75) is 58.0 Å². The van der Waals surface area contributed by atoms with E-state index in [0.29, 0.717) is 5.41 Å². The molecule has 2 aromatic rings. The van der Waals surface area contributed by atoms with E-state index in [2.05, 4.69) is 50.2 Å². The van der Waals surface area contributed by atoms with Gasteiger partial charge in [-0.3, -0.25) is 0 Å². The van der Waals surface area contributed by atoms with Gasteiger partial charge in [0.05, 0.1) is 0 Å². The van der Waals surface area contributed by atoms with Gasteiger partial charge in [-0.05, 0) is 60.8 Å². The van der Waals surface area contributed by atoms with Gasteiger partial charge in [0, 0.05) is 5.56 Å². The maximum Gasteiger partial charge on any atom is 0.123 e. The van der Waals surface area contributed by atoms with Crippen LogP contribution in [0.1, 0.15) is 51.5 Å². The lowest BCUT2D eigenvalue weighted by Gasteiger charge is -2.47. The van der Waals surface area contributed by atoms with Crippen molar-refractivity contribution in [2.24, 2.45) is 5.41 Å². The molecule has 0 saturated heterocycles. The third-order valence-electron chi connectivity index (χ3n) is 5.44. The van der Waals surface area contributed by atoms with Crippen molar-refractivity contribution >= 4 is 10.8 Å². The van der Waals surface area contributed by atoms with Crippen LogP contribution in [-0.4, -0.2) is 5.60 Å². The van der Waals surface area contributed by atoms with Gasteiger partial charge < -0.3 is 4.74 Å². The van der Waals surface area contributed by atoms with E-state index in [1.165, 1.54) is 48.4 Å². The molecule has 1 heteroatoms. The van der Waals surface area contributed by atoms with Gasteiger partial charge in [-0.2, -0.15) is 0 Å². The van der Waals surface area contributed by atoms with Crippen molar-refractivity contribution in [1.29, 1.82) is 0 Å². The molecule has 1 nitrogen and oxygen atoms in total. The Morgan fingerprint density at radius 3 is 2.67 bits per heavy atom. The second-order valence-corrected chi connectivity index (χ2v) is 7.74. The van der Waals surface area contributed by atoms with E-state index in [1.807, 2.05) is 0 Å². The maximum absolute atomic E-state index is 6.60.